The van der Waals surface area contributed by atoms with E-state index in [0.717, 1.165) is 145 Å². The first-order chi connectivity index (χ1) is 57.9. The lowest BCUT2D eigenvalue weighted by Gasteiger charge is -2.31. The molecule has 1 N–H and O–H groups in total. The van der Waals surface area contributed by atoms with Crippen LogP contribution in [0.4, 0.5) is 11.4 Å². The third kappa shape index (κ3) is 10.9. The van der Waals surface area contributed by atoms with Gasteiger partial charge in [-0.05, 0) is 233 Å². The van der Waals surface area contributed by atoms with Gasteiger partial charge in [-0.25, -0.2) is 4.40 Å². The molecule has 0 spiro atoms. The minimum atomic E-state index is 0.267. The molecule has 8 nitrogen and oxygen atoms in total. The lowest BCUT2D eigenvalue weighted by Crippen LogP contribution is -2.30. The molecular weight excluding hydrogens is 1440 g/mol. The number of nitrogens with one attached hydrogen (secondary N) is 1. The maximum Gasteiger partial charge on any atom is 0.121 e. The summed E-state index contributed by atoms with van der Waals surface area (Å²) in [5.74, 6) is 0. The Morgan fingerprint density at radius 2 is 0.427 bits per heavy atom. The lowest BCUT2D eigenvalue weighted by molar-refractivity contribution is 1.16. The summed E-state index contributed by atoms with van der Waals surface area (Å²) in [6.45, 7) is 0. The second kappa shape index (κ2) is 27.2. The van der Waals surface area contributed by atoms with E-state index >= 15 is 0 Å². The molecule has 0 aliphatic heterocycles. The van der Waals surface area contributed by atoms with Crippen molar-refractivity contribution in [3.8, 4) is 72.9 Å². The van der Waals surface area contributed by atoms with Crippen LogP contribution in [0.1, 0.15) is 5.56 Å². The molecule has 548 valence electrons. The highest BCUT2D eigenvalue weighted by Crippen LogP contribution is 2.44. The van der Waals surface area contributed by atoms with Crippen molar-refractivity contribution < 1.29 is 0 Å². The number of thiol groups is 1. The van der Waals surface area contributed by atoms with Crippen molar-refractivity contribution in [3.05, 3.63) is 424 Å². The molecule has 5 aromatic heterocycles. The number of nitrogens with zero attached hydrogens (tertiary/aromatic N) is 7. The van der Waals surface area contributed by atoms with Crippen molar-refractivity contribution in [2.75, 3.05) is 4.90 Å². The number of rotatable bonds is 13. The van der Waals surface area contributed by atoms with Gasteiger partial charge in [0.15, 0.2) is 0 Å². The van der Waals surface area contributed by atoms with Crippen LogP contribution in [0.15, 0.2) is 423 Å². The van der Waals surface area contributed by atoms with Gasteiger partial charge in [0.05, 0.1) is 66.6 Å². The Hall–Kier alpha value is -15.3. The minimum absolute atomic E-state index is 0.267. The van der Waals surface area contributed by atoms with E-state index in [1.807, 2.05) is 0 Å². The van der Waals surface area contributed by atoms with Crippen molar-refractivity contribution in [3.63, 3.8) is 0 Å². The highest BCUT2D eigenvalue weighted by atomic mass is 32.1. The number of aromatic nitrogens is 5. The van der Waals surface area contributed by atoms with E-state index in [9.17, 15) is 5.41 Å². The van der Waals surface area contributed by atoms with Crippen LogP contribution in [0.25, 0.3) is 188 Å². The largest absolute Gasteiger partial charge is 0.309 e. The fourth-order valence-corrected chi connectivity index (χ4v) is 18.8. The van der Waals surface area contributed by atoms with Crippen LogP contribution in [-0.2, 0) is 0 Å². The molecule has 0 bridgehead atoms. The molecule has 22 aromatic rings. The average molecular weight is 1510 g/mol. The molecule has 0 fully saturated rings. The van der Waals surface area contributed by atoms with Gasteiger partial charge >= 0.3 is 0 Å². The van der Waals surface area contributed by atoms with Crippen LogP contribution >= 0.6 is 12.8 Å². The molecule has 23 rings (SSSR count). The highest BCUT2D eigenvalue weighted by molar-refractivity contribution is 7.79. The van der Waals surface area contributed by atoms with Gasteiger partial charge in [0.25, 0.3) is 0 Å². The molecule has 17 aromatic carbocycles. The first-order valence-corrected chi connectivity index (χ1v) is 40.1. The van der Waals surface area contributed by atoms with Crippen LogP contribution in [0.3, 0.4) is 0 Å². The van der Waals surface area contributed by atoms with Gasteiger partial charge in [0.2, 0.25) is 0 Å². The Bertz CT molecular complexity index is 7270. The van der Waals surface area contributed by atoms with Gasteiger partial charge in [-0.2, -0.15) is 0 Å². The van der Waals surface area contributed by atoms with E-state index in [1.54, 1.807) is 0 Å². The van der Waals surface area contributed by atoms with E-state index in [4.69, 9.17) is 17.2 Å². The summed E-state index contributed by atoms with van der Waals surface area (Å²) < 4.78 is 16.5. The summed E-state index contributed by atoms with van der Waals surface area (Å²) in [7, 11) is 0. The van der Waals surface area contributed by atoms with E-state index in [1.165, 1.54) is 65.2 Å². The van der Waals surface area contributed by atoms with Crippen LogP contribution in [-0.4, -0.2) is 34.3 Å². The molecule has 1 aliphatic carbocycles. The standard InChI is InChI=1S/C108H70N8S/c109-107-85(63-66-106(108(107)110-117)111(78-55-59-83(60-56-78)114-100-29-13-5-21-90(100)91-22-6-14-30-101(91)114)79-57-61-84(62-58-79)115-102-31-15-7-23-92(102)93-24-8-16-32-103(93)115)75-45-53-82(54-46-75)116-104-64-47-76(73-37-33-69(34-38-73)71-41-49-80(50-42-71)112-96-25-9-1-17-86(96)87-18-2-10-26-97(87)112)67-94(104)95-68-77(48-65-105(95)116)74-39-35-70(36-40-74)72-43-51-81(52-44-72)113-98-27-11-3-19-88(98)89-20-4-12-28-99(89)113/h1-68,109,117H/b109-107?,110-108-. The SMILES string of the molecule is N=C1C(c2ccc(-n3c4ccc(-c5ccc(-c6ccc(-n7c8ccccc8c8ccccc87)cc6)cc5)cc4c4cc(-c5ccc(-c6ccc(-n7c8ccccc8c8ccccc87)cc6)cc5)ccc43)cc2)=CC=C(N(c2ccc(-n3c4ccccc4c4ccccc43)cc2)c2ccc(-n3c4ccccc4c4ccccc43)cc2)/C1=N/S. The van der Waals surface area contributed by atoms with Gasteiger partial charge in [0.1, 0.15) is 5.71 Å². The summed E-state index contributed by atoms with van der Waals surface area (Å²) in [6, 6.07) is 145. The Labute approximate surface area is 679 Å². The molecule has 0 saturated heterocycles. The van der Waals surface area contributed by atoms with Gasteiger partial charge in [0, 0.05) is 99.2 Å². The molecule has 5 heterocycles. The van der Waals surface area contributed by atoms with Crippen molar-refractivity contribution >= 4 is 150 Å². The highest BCUT2D eigenvalue weighted by Gasteiger charge is 2.29. The zero-order chi connectivity index (χ0) is 77.3. The molecule has 0 amide bonds. The lowest BCUT2D eigenvalue weighted by atomic mass is 9.91. The zero-order valence-corrected chi connectivity index (χ0v) is 64.2. The smallest absolute Gasteiger partial charge is 0.121 e. The molecule has 0 radical (unpaired) electrons. The van der Waals surface area contributed by atoms with Gasteiger partial charge in [-0.1, -0.05) is 243 Å². The molecular formula is C108H70N8S. The maximum atomic E-state index is 10.2. The normalized spacial score (nSPS) is 13.0. The molecule has 0 atom stereocenters. The summed E-state index contributed by atoms with van der Waals surface area (Å²) in [5.41, 5.74) is 30.9. The predicted octanol–water partition coefficient (Wildman–Crippen LogP) is 28.3. The molecule has 117 heavy (non-hydrogen) atoms. The van der Waals surface area contributed by atoms with Crippen LogP contribution in [0.2, 0.25) is 0 Å². The fraction of sp³-hybridized carbons (Fsp3) is 0. The van der Waals surface area contributed by atoms with Crippen molar-refractivity contribution in [1.82, 2.24) is 22.8 Å². The quantitative estimate of drug-likeness (QED) is 0.0877. The fourth-order valence-electron chi connectivity index (χ4n) is 18.6. The number of anilines is 2. The second-order valence-electron chi connectivity index (χ2n) is 30.4. The van der Waals surface area contributed by atoms with Crippen LogP contribution in [0.5, 0.6) is 0 Å². The number of hydrogen-bond acceptors (Lipinski definition) is 4. The monoisotopic (exact) mass is 1510 g/mol. The molecule has 0 unspecified atom stereocenters. The van der Waals surface area contributed by atoms with Gasteiger partial charge in [-0.3, -0.25) is 5.41 Å². The number of allylic oxidation sites excluding steroid dienone is 4. The molecule has 1 aliphatic rings. The van der Waals surface area contributed by atoms with Gasteiger partial charge < -0.3 is 27.7 Å². The van der Waals surface area contributed by atoms with Crippen molar-refractivity contribution in [2.45, 2.75) is 0 Å². The Kier molecular flexibility index (Phi) is 15.7. The van der Waals surface area contributed by atoms with Crippen LogP contribution in [0, 0.1) is 5.41 Å². The summed E-state index contributed by atoms with van der Waals surface area (Å²) >= 11 is 4.73. The van der Waals surface area contributed by atoms with Crippen LogP contribution < -0.4 is 4.90 Å². The molecule has 0 saturated carbocycles. The number of benzene rings is 17. The Morgan fingerprint density at radius 1 is 0.214 bits per heavy atom. The van der Waals surface area contributed by atoms with Gasteiger partial charge in [-0.15, -0.1) is 0 Å². The van der Waals surface area contributed by atoms with E-state index in [-0.39, 0.29) is 5.71 Å². The zero-order valence-electron chi connectivity index (χ0n) is 63.3. The minimum Gasteiger partial charge on any atom is -0.309 e. The summed E-state index contributed by atoms with van der Waals surface area (Å²) in [4.78, 5) is 2.20. The molecule has 9 heteroatoms. The predicted molar refractivity (Wildman–Crippen MR) is 495 cm³/mol. The number of fused-ring (bicyclic) bond motifs is 15. The Balaban J connectivity index is 0.597. The number of hydrogen-bond donors (Lipinski definition) is 2. The first-order valence-electron chi connectivity index (χ1n) is 39.7. The van der Waals surface area contributed by atoms with Crippen molar-refractivity contribution in [1.29, 1.82) is 5.41 Å². The van der Waals surface area contributed by atoms with E-state index in [2.05, 4.69) is 440 Å². The third-order valence-corrected chi connectivity index (χ3v) is 24.3. The maximum absolute atomic E-state index is 10.2. The summed E-state index contributed by atoms with van der Waals surface area (Å²) in [6.07, 6.45) is 4.16. The first kappa shape index (κ1) is 67.4. The third-order valence-electron chi connectivity index (χ3n) is 24.1. The Morgan fingerprint density at radius 3 is 0.692 bits per heavy atom. The van der Waals surface area contributed by atoms with Crippen molar-refractivity contribution in [2.24, 2.45) is 4.40 Å². The van der Waals surface area contributed by atoms with E-state index < -0.39 is 0 Å². The number of para-hydroxylation sites is 8. The second-order valence-corrected chi connectivity index (χ2v) is 30.6. The summed E-state index contributed by atoms with van der Waals surface area (Å²) in [5, 5.41) is 22.3. The topological polar surface area (TPSA) is 64.1 Å². The average Bonchev–Trinajstić information content (AvgIpc) is 1.59. The van der Waals surface area contributed by atoms with E-state index in [0.29, 0.717) is 5.71 Å².